The average Bonchev–Trinajstić information content (AvgIpc) is 2.59. The molecule has 2 aromatic carbocycles. The van der Waals surface area contributed by atoms with Gasteiger partial charge in [-0.15, -0.1) is 0 Å². The Hall–Kier alpha value is -2.51. The smallest absolute Gasteiger partial charge is 0.416 e. The van der Waals surface area contributed by atoms with Gasteiger partial charge in [0.2, 0.25) is 0 Å². The van der Waals surface area contributed by atoms with Gasteiger partial charge < -0.3 is 15.2 Å². The minimum Gasteiger partial charge on any atom is -0.508 e. The molecule has 0 radical (unpaired) electrons. The van der Waals surface area contributed by atoms with Crippen LogP contribution in [0.2, 0.25) is 5.02 Å². The Labute approximate surface area is 156 Å². The van der Waals surface area contributed by atoms with Gasteiger partial charge in [0.1, 0.15) is 5.75 Å². The highest BCUT2D eigenvalue weighted by Crippen LogP contribution is 2.33. The molecule has 0 atom stereocenters. The Bertz CT molecular complexity index is 1060. The van der Waals surface area contributed by atoms with Crippen molar-refractivity contribution in [2.75, 3.05) is 6.61 Å². The largest absolute Gasteiger partial charge is 0.508 e. The molecule has 0 aliphatic rings. The molecule has 0 saturated heterocycles. The summed E-state index contributed by atoms with van der Waals surface area (Å²) in [5, 5.41) is 19.9. The molecule has 0 fully saturated rings. The number of aliphatic hydroxyl groups is 1. The number of aliphatic hydroxyl groups excluding tert-OH is 1. The van der Waals surface area contributed by atoms with Crippen molar-refractivity contribution in [1.29, 1.82) is 0 Å². The van der Waals surface area contributed by atoms with Gasteiger partial charge in [-0.25, -0.2) is 0 Å². The molecule has 1 heterocycles. The van der Waals surface area contributed by atoms with Crippen LogP contribution in [-0.4, -0.2) is 21.8 Å². The topological polar surface area (TPSA) is 73.3 Å². The molecule has 0 spiro atoms. The van der Waals surface area contributed by atoms with Gasteiger partial charge in [-0.05, 0) is 47.5 Å². The summed E-state index contributed by atoms with van der Waals surface area (Å²) in [5.41, 5.74) is -0.256. The maximum Gasteiger partial charge on any atom is 0.416 e. The molecule has 4 nitrogen and oxygen atoms in total. The first-order chi connectivity index (χ1) is 12.7. The van der Waals surface area contributed by atoms with Crippen LogP contribution in [0.25, 0.3) is 10.9 Å². The minimum absolute atomic E-state index is 0.0105. The number of H-pyrrole nitrogens is 1. The lowest BCUT2D eigenvalue weighted by atomic mass is 9.94. The number of phenolic OH excluding ortho intramolecular Hbond substituents is 1. The molecular weight excluding hydrogens is 383 g/mol. The third-order valence-electron chi connectivity index (χ3n) is 4.33. The average molecular weight is 398 g/mol. The predicted octanol–water partition coefficient (Wildman–Crippen LogP) is 4.03. The van der Waals surface area contributed by atoms with Gasteiger partial charge in [-0.2, -0.15) is 13.2 Å². The van der Waals surface area contributed by atoms with E-state index in [0.717, 1.165) is 12.1 Å². The summed E-state index contributed by atoms with van der Waals surface area (Å²) in [6.45, 7) is -0.345. The molecule has 0 unspecified atom stereocenters. The zero-order chi connectivity index (χ0) is 19.8. The van der Waals surface area contributed by atoms with Crippen molar-refractivity contribution in [1.82, 2.24) is 4.98 Å². The van der Waals surface area contributed by atoms with Crippen LogP contribution in [-0.2, 0) is 19.0 Å². The van der Waals surface area contributed by atoms with Crippen LogP contribution in [0.1, 0.15) is 22.3 Å². The van der Waals surface area contributed by atoms with Crippen molar-refractivity contribution in [2.45, 2.75) is 19.0 Å². The fourth-order valence-corrected chi connectivity index (χ4v) is 3.24. The monoisotopic (exact) mass is 397 g/mol. The van der Waals surface area contributed by atoms with Gasteiger partial charge in [0, 0.05) is 40.9 Å². The number of pyridine rings is 1. The molecule has 0 saturated carbocycles. The summed E-state index contributed by atoms with van der Waals surface area (Å²) in [6.07, 6.45) is -4.58. The quantitative estimate of drug-likeness (QED) is 0.622. The molecule has 142 valence electrons. The summed E-state index contributed by atoms with van der Waals surface area (Å²) < 4.78 is 39.4. The second-order valence-electron chi connectivity index (χ2n) is 6.09. The van der Waals surface area contributed by atoms with Gasteiger partial charge in [0.15, 0.2) is 0 Å². The number of fused-ring (bicyclic) bond motifs is 1. The van der Waals surface area contributed by atoms with Crippen LogP contribution >= 0.6 is 11.6 Å². The first kappa shape index (κ1) is 19.3. The third kappa shape index (κ3) is 3.94. The first-order valence-electron chi connectivity index (χ1n) is 8.04. The SMILES string of the molecule is O=c1[nH]c2ccc(C(F)(F)F)cc2c(Cc2cc(Cl)ccc2O)c1CCO. The van der Waals surface area contributed by atoms with E-state index in [9.17, 15) is 28.2 Å². The Morgan fingerprint density at radius 3 is 2.48 bits per heavy atom. The zero-order valence-corrected chi connectivity index (χ0v) is 14.7. The van der Waals surface area contributed by atoms with Crippen molar-refractivity contribution >= 4 is 22.5 Å². The Morgan fingerprint density at radius 1 is 1.07 bits per heavy atom. The highest BCUT2D eigenvalue weighted by molar-refractivity contribution is 6.30. The maximum absolute atomic E-state index is 13.1. The van der Waals surface area contributed by atoms with Crippen LogP contribution in [0.15, 0.2) is 41.2 Å². The number of hydrogen-bond donors (Lipinski definition) is 3. The molecule has 1 aromatic heterocycles. The zero-order valence-electron chi connectivity index (χ0n) is 13.9. The lowest BCUT2D eigenvalue weighted by molar-refractivity contribution is -0.137. The summed E-state index contributed by atoms with van der Waals surface area (Å²) in [4.78, 5) is 14.9. The van der Waals surface area contributed by atoms with Crippen molar-refractivity contribution in [3.63, 3.8) is 0 Å². The molecule has 3 rings (SSSR count). The highest BCUT2D eigenvalue weighted by atomic mass is 35.5. The maximum atomic E-state index is 13.1. The summed E-state index contributed by atoms with van der Waals surface area (Å²) in [6, 6.07) is 7.39. The van der Waals surface area contributed by atoms with E-state index in [1.54, 1.807) is 0 Å². The number of rotatable bonds is 4. The van der Waals surface area contributed by atoms with Crippen molar-refractivity contribution < 1.29 is 23.4 Å². The Morgan fingerprint density at radius 2 is 1.81 bits per heavy atom. The number of phenols is 1. The van der Waals surface area contributed by atoms with Crippen LogP contribution in [0.4, 0.5) is 13.2 Å². The summed E-state index contributed by atoms with van der Waals surface area (Å²) in [5.74, 6) is -0.0882. The Balaban J connectivity index is 2.29. The minimum atomic E-state index is -4.54. The van der Waals surface area contributed by atoms with Gasteiger partial charge in [0.05, 0.1) is 5.56 Å². The molecular formula is C19H15ClF3NO3. The van der Waals surface area contributed by atoms with Gasteiger partial charge in [-0.3, -0.25) is 4.79 Å². The highest BCUT2D eigenvalue weighted by Gasteiger charge is 2.31. The van der Waals surface area contributed by atoms with Crippen molar-refractivity contribution in [3.05, 3.63) is 74.0 Å². The van der Waals surface area contributed by atoms with E-state index in [-0.39, 0.29) is 41.7 Å². The second kappa shape index (κ2) is 7.25. The second-order valence-corrected chi connectivity index (χ2v) is 6.53. The van der Waals surface area contributed by atoms with Gasteiger partial charge in [-0.1, -0.05) is 11.6 Å². The predicted molar refractivity (Wildman–Crippen MR) is 96.3 cm³/mol. The first-order valence-corrected chi connectivity index (χ1v) is 8.41. The number of hydrogen-bond acceptors (Lipinski definition) is 3. The molecule has 0 aliphatic heterocycles. The van der Waals surface area contributed by atoms with E-state index in [1.807, 2.05) is 0 Å². The normalized spacial score (nSPS) is 11.9. The van der Waals surface area contributed by atoms with E-state index in [1.165, 1.54) is 24.3 Å². The Kier molecular flexibility index (Phi) is 5.17. The molecule has 0 bridgehead atoms. The number of alkyl halides is 3. The van der Waals surface area contributed by atoms with Crippen LogP contribution < -0.4 is 5.56 Å². The summed E-state index contributed by atoms with van der Waals surface area (Å²) in [7, 11) is 0. The number of aromatic hydroxyl groups is 1. The van der Waals surface area contributed by atoms with Crippen LogP contribution in [0.5, 0.6) is 5.75 Å². The number of aromatic amines is 1. The standard InChI is InChI=1S/C19H15ClF3NO3/c20-12-2-4-17(26)10(7-12)8-14-13(5-6-25)18(27)24-16-3-1-11(9-15(14)16)19(21,22)23/h1-4,7,9,25-26H,5-6,8H2,(H,24,27). The molecule has 27 heavy (non-hydrogen) atoms. The molecule has 0 amide bonds. The molecule has 3 N–H and O–H groups in total. The number of aromatic nitrogens is 1. The fourth-order valence-electron chi connectivity index (χ4n) is 3.04. The van der Waals surface area contributed by atoms with Crippen molar-refractivity contribution in [2.24, 2.45) is 0 Å². The van der Waals surface area contributed by atoms with E-state index in [4.69, 9.17) is 11.6 Å². The van der Waals surface area contributed by atoms with E-state index in [0.29, 0.717) is 16.1 Å². The number of nitrogens with one attached hydrogen (secondary N) is 1. The van der Waals surface area contributed by atoms with Gasteiger partial charge >= 0.3 is 6.18 Å². The number of benzene rings is 2. The lowest BCUT2D eigenvalue weighted by Crippen LogP contribution is -2.18. The fraction of sp³-hybridized carbons (Fsp3) is 0.211. The molecule has 8 heteroatoms. The summed E-state index contributed by atoms with van der Waals surface area (Å²) >= 11 is 5.95. The van der Waals surface area contributed by atoms with E-state index < -0.39 is 17.3 Å². The lowest BCUT2D eigenvalue weighted by Gasteiger charge is -2.15. The molecule has 0 aliphatic carbocycles. The van der Waals surface area contributed by atoms with Crippen LogP contribution in [0.3, 0.4) is 0 Å². The van der Waals surface area contributed by atoms with Crippen molar-refractivity contribution in [3.8, 4) is 5.75 Å². The van der Waals surface area contributed by atoms with E-state index in [2.05, 4.69) is 4.98 Å². The van der Waals surface area contributed by atoms with Gasteiger partial charge in [0.25, 0.3) is 5.56 Å². The van der Waals surface area contributed by atoms with E-state index >= 15 is 0 Å². The molecule has 3 aromatic rings. The van der Waals surface area contributed by atoms with Crippen LogP contribution in [0, 0.1) is 0 Å². The number of halogens is 4. The third-order valence-corrected chi connectivity index (χ3v) is 4.56.